The van der Waals surface area contributed by atoms with Crippen LogP contribution in [0.2, 0.25) is 0 Å². The van der Waals surface area contributed by atoms with E-state index in [0.717, 1.165) is 23.8 Å². The molecule has 3 heteroatoms. The molecular formula is C18H29NO2. The van der Waals surface area contributed by atoms with Crippen molar-refractivity contribution < 1.29 is 9.47 Å². The van der Waals surface area contributed by atoms with Crippen LogP contribution in [0.15, 0.2) is 18.2 Å². The number of benzene rings is 1. The van der Waals surface area contributed by atoms with Gasteiger partial charge in [0, 0.05) is 6.04 Å². The molecule has 118 valence electrons. The molecule has 1 aliphatic carbocycles. The Balaban J connectivity index is 2.23. The quantitative estimate of drug-likeness (QED) is 0.858. The Morgan fingerprint density at radius 2 is 1.76 bits per heavy atom. The van der Waals surface area contributed by atoms with E-state index in [-0.39, 0.29) is 6.04 Å². The smallest absolute Gasteiger partial charge is 0.161 e. The molecule has 3 unspecified atom stereocenters. The van der Waals surface area contributed by atoms with Crippen molar-refractivity contribution in [3.8, 4) is 11.5 Å². The molecule has 21 heavy (non-hydrogen) atoms. The molecule has 0 bridgehead atoms. The van der Waals surface area contributed by atoms with Crippen LogP contribution in [0.1, 0.15) is 57.9 Å². The molecule has 1 aromatic rings. The maximum atomic E-state index is 6.38. The van der Waals surface area contributed by atoms with Crippen LogP contribution in [0.4, 0.5) is 0 Å². The van der Waals surface area contributed by atoms with Gasteiger partial charge in [0.25, 0.3) is 0 Å². The van der Waals surface area contributed by atoms with E-state index in [1.165, 1.54) is 24.8 Å². The predicted octanol–water partition coefficient (Wildman–Crippen LogP) is 4.11. The molecule has 0 radical (unpaired) electrons. The molecule has 0 saturated heterocycles. The van der Waals surface area contributed by atoms with Crippen molar-refractivity contribution in [3.63, 3.8) is 0 Å². The molecule has 0 aliphatic heterocycles. The summed E-state index contributed by atoms with van der Waals surface area (Å²) < 4.78 is 11.4. The predicted molar refractivity (Wildman–Crippen MR) is 87.1 cm³/mol. The average Bonchev–Trinajstić information content (AvgIpc) is 2.50. The summed E-state index contributed by atoms with van der Waals surface area (Å²) in [5.74, 6) is 2.93. The van der Waals surface area contributed by atoms with Gasteiger partial charge in [-0.15, -0.1) is 0 Å². The molecule has 1 saturated carbocycles. The summed E-state index contributed by atoms with van der Waals surface area (Å²) in [6.07, 6.45) is 4.83. The first-order valence-electron chi connectivity index (χ1n) is 8.34. The second-order valence-corrected chi connectivity index (χ2v) is 5.93. The first kappa shape index (κ1) is 16.2. The minimum absolute atomic E-state index is 0.264. The molecule has 0 spiro atoms. The summed E-state index contributed by atoms with van der Waals surface area (Å²) in [6, 6.07) is 6.60. The van der Waals surface area contributed by atoms with Crippen molar-refractivity contribution in [2.75, 3.05) is 13.2 Å². The van der Waals surface area contributed by atoms with Crippen LogP contribution in [-0.2, 0) is 0 Å². The van der Waals surface area contributed by atoms with Gasteiger partial charge >= 0.3 is 0 Å². The highest BCUT2D eigenvalue weighted by atomic mass is 16.5. The molecule has 0 amide bonds. The van der Waals surface area contributed by atoms with Gasteiger partial charge in [0.15, 0.2) is 11.5 Å². The Labute approximate surface area is 128 Å². The molecule has 3 atom stereocenters. The van der Waals surface area contributed by atoms with Gasteiger partial charge in [-0.3, -0.25) is 0 Å². The fourth-order valence-corrected chi connectivity index (χ4v) is 3.33. The highest BCUT2D eigenvalue weighted by molar-refractivity contribution is 5.44. The van der Waals surface area contributed by atoms with Crippen molar-refractivity contribution in [2.24, 2.45) is 11.7 Å². The van der Waals surface area contributed by atoms with Gasteiger partial charge in [0.05, 0.1) is 13.2 Å². The molecule has 1 aromatic carbocycles. The fourth-order valence-electron chi connectivity index (χ4n) is 3.33. The Kier molecular flexibility index (Phi) is 5.92. The molecule has 0 aromatic heterocycles. The van der Waals surface area contributed by atoms with Crippen LogP contribution in [0.25, 0.3) is 0 Å². The first-order chi connectivity index (χ1) is 10.2. The van der Waals surface area contributed by atoms with Gasteiger partial charge < -0.3 is 15.2 Å². The zero-order valence-electron chi connectivity index (χ0n) is 13.6. The molecule has 2 N–H and O–H groups in total. The normalized spacial score (nSPS) is 25.6. The molecular weight excluding hydrogens is 262 g/mol. The van der Waals surface area contributed by atoms with Gasteiger partial charge in [-0.05, 0) is 62.6 Å². The van der Waals surface area contributed by atoms with Crippen LogP contribution in [0, 0.1) is 5.92 Å². The number of rotatable bonds is 6. The summed E-state index contributed by atoms with van der Waals surface area (Å²) in [4.78, 5) is 0. The minimum atomic E-state index is 0.264. The van der Waals surface area contributed by atoms with E-state index < -0.39 is 0 Å². The van der Waals surface area contributed by atoms with Crippen LogP contribution >= 0.6 is 0 Å². The lowest BCUT2D eigenvalue weighted by Crippen LogP contribution is -2.34. The molecule has 1 fully saturated rings. The van der Waals surface area contributed by atoms with Gasteiger partial charge in [-0.2, -0.15) is 0 Å². The third-order valence-corrected chi connectivity index (χ3v) is 4.59. The number of hydrogen-bond donors (Lipinski definition) is 1. The minimum Gasteiger partial charge on any atom is -0.490 e. The number of ether oxygens (including phenoxy) is 2. The molecule has 3 nitrogen and oxygen atoms in total. The van der Waals surface area contributed by atoms with Crippen molar-refractivity contribution in [2.45, 2.75) is 58.4 Å². The van der Waals surface area contributed by atoms with Crippen LogP contribution in [0.5, 0.6) is 11.5 Å². The van der Waals surface area contributed by atoms with E-state index in [9.17, 15) is 0 Å². The third-order valence-electron chi connectivity index (χ3n) is 4.59. The molecule has 1 aliphatic rings. The average molecular weight is 291 g/mol. The Morgan fingerprint density at radius 1 is 1.05 bits per heavy atom. The summed E-state index contributed by atoms with van der Waals surface area (Å²) in [5, 5.41) is 0. The SMILES string of the molecule is CCOc1ccc(C2CC(CC)CCC2N)cc1OCC. The van der Waals surface area contributed by atoms with Gasteiger partial charge in [0.1, 0.15) is 0 Å². The fraction of sp³-hybridized carbons (Fsp3) is 0.667. The lowest BCUT2D eigenvalue weighted by atomic mass is 9.74. The van der Waals surface area contributed by atoms with Crippen LogP contribution in [0.3, 0.4) is 0 Å². The lowest BCUT2D eigenvalue weighted by Gasteiger charge is -2.34. The van der Waals surface area contributed by atoms with Crippen LogP contribution < -0.4 is 15.2 Å². The topological polar surface area (TPSA) is 44.5 Å². The van der Waals surface area contributed by atoms with E-state index in [4.69, 9.17) is 15.2 Å². The monoisotopic (exact) mass is 291 g/mol. The maximum absolute atomic E-state index is 6.38. The molecule has 0 heterocycles. The van der Waals surface area contributed by atoms with Gasteiger partial charge in [-0.1, -0.05) is 19.4 Å². The Morgan fingerprint density at radius 3 is 2.43 bits per heavy atom. The van der Waals surface area contributed by atoms with Crippen LogP contribution in [-0.4, -0.2) is 19.3 Å². The van der Waals surface area contributed by atoms with E-state index >= 15 is 0 Å². The van der Waals surface area contributed by atoms with Gasteiger partial charge in [0.2, 0.25) is 0 Å². The highest BCUT2D eigenvalue weighted by Gasteiger charge is 2.29. The number of hydrogen-bond acceptors (Lipinski definition) is 3. The summed E-state index contributed by atoms with van der Waals surface area (Å²) in [6.45, 7) is 7.58. The highest BCUT2D eigenvalue weighted by Crippen LogP contribution is 2.39. The van der Waals surface area contributed by atoms with E-state index in [1.54, 1.807) is 0 Å². The third kappa shape index (κ3) is 3.91. The van der Waals surface area contributed by atoms with Crippen molar-refractivity contribution in [1.82, 2.24) is 0 Å². The van der Waals surface area contributed by atoms with E-state index in [1.807, 2.05) is 19.9 Å². The number of nitrogens with two attached hydrogens (primary N) is 1. The Bertz CT molecular complexity index is 447. The van der Waals surface area contributed by atoms with E-state index in [0.29, 0.717) is 19.1 Å². The lowest BCUT2D eigenvalue weighted by molar-refractivity contribution is 0.276. The first-order valence-corrected chi connectivity index (χ1v) is 8.34. The largest absolute Gasteiger partial charge is 0.490 e. The zero-order chi connectivity index (χ0) is 15.2. The Hall–Kier alpha value is -1.22. The summed E-state index contributed by atoms with van der Waals surface area (Å²) in [5.41, 5.74) is 7.68. The van der Waals surface area contributed by atoms with Gasteiger partial charge in [-0.25, -0.2) is 0 Å². The van der Waals surface area contributed by atoms with Crippen molar-refractivity contribution >= 4 is 0 Å². The summed E-state index contributed by atoms with van der Waals surface area (Å²) in [7, 11) is 0. The van der Waals surface area contributed by atoms with Crippen molar-refractivity contribution in [1.29, 1.82) is 0 Å². The maximum Gasteiger partial charge on any atom is 0.161 e. The second-order valence-electron chi connectivity index (χ2n) is 5.93. The standard InChI is InChI=1S/C18H29NO2/c1-4-13-7-9-16(19)15(11-13)14-8-10-17(20-5-2)18(12-14)21-6-3/h8,10,12-13,15-16H,4-7,9,11,19H2,1-3H3. The zero-order valence-corrected chi connectivity index (χ0v) is 13.6. The molecule has 2 rings (SSSR count). The van der Waals surface area contributed by atoms with Crippen molar-refractivity contribution in [3.05, 3.63) is 23.8 Å². The summed E-state index contributed by atoms with van der Waals surface area (Å²) >= 11 is 0. The second kappa shape index (κ2) is 7.69. The van der Waals surface area contributed by atoms with E-state index in [2.05, 4.69) is 19.1 Å².